The minimum absolute atomic E-state index is 0.298. The molecule has 0 saturated heterocycles. The molecule has 120 valence electrons. The number of rotatable bonds is 3. The number of hydrogen-bond acceptors (Lipinski definition) is 3. The van der Waals surface area contributed by atoms with Gasteiger partial charge >= 0.3 is 5.97 Å². The average molecular weight is 321 g/mol. The molecule has 1 aliphatic rings. The lowest BCUT2D eigenvalue weighted by atomic mass is 9.89. The molecule has 0 radical (unpaired) electrons. The van der Waals surface area contributed by atoms with Gasteiger partial charge < -0.3 is 4.74 Å². The van der Waals surface area contributed by atoms with E-state index >= 15 is 0 Å². The van der Waals surface area contributed by atoms with Crippen molar-refractivity contribution in [1.82, 2.24) is 0 Å². The summed E-state index contributed by atoms with van der Waals surface area (Å²) in [6.45, 7) is 7.92. The van der Waals surface area contributed by atoms with Crippen LogP contribution in [0.25, 0.3) is 0 Å². The third-order valence-corrected chi connectivity index (χ3v) is 4.94. The van der Waals surface area contributed by atoms with Crippen LogP contribution in [-0.4, -0.2) is 27.2 Å². The summed E-state index contributed by atoms with van der Waals surface area (Å²) < 4.78 is 21.4. The van der Waals surface area contributed by atoms with Crippen LogP contribution >= 0.6 is 0 Å². The van der Waals surface area contributed by atoms with Crippen LogP contribution in [0.15, 0.2) is 22.6 Å². The minimum Gasteiger partial charge on any atom is -0.462 e. The van der Waals surface area contributed by atoms with Crippen molar-refractivity contribution in [3.8, 4) is 0 Å². The Morgan fingerprint density at radius 2 is 2.05 bits per heavy atom. The first-order chi connectivity index (χ1) is 10.3. The van der Waals surface area contributed by atoms with Crippen molar-refractivity contribution in [2.45, 2.75) is 51.7 Å². The van der Waals surface area contributed by atoms with Gasteiger partial charge in [0.05, 0.1) is 22.6 Å². The molecule has 5 heteroatoms. The molecule has 0 fully saturated rings. The second-order valence-electron chi connectivity index (χ2n) is 6.35. The summed E-state index contributed by atoms with van der Waals surface area (Å²) in [6.07, 6.45) is 2.69. The van der Waals surface area contributed by atoms with Crippen molar-refractivity contribution >= 4 is 22.7 Å². The monoisotopic (exact) mass is 321 g/mol. The highest BCUT2D eigenvalue weighted by Crippen LogP contribution is 2.25. The van der Waals surface area contributed by atoms with Crippen LogP contribution in [0, 0.1) is 0 Å². The van der Waals surface area contributed by atoms with E-state index in [0.717, 1.165) is 36.1 Å². The Morgan fingerprint density at radius 1 is 1.32 bits per heavy atom. The van der Waals surface area contributed by atoms with Gasteiger partial charge in [-0.3, -0.25) is 0 Å². The molecule has 1 aliphatic carbocycles. The Morgan fingerprint density at radius 3 is 2.68 bits per heavy atom. The van der Waals surface area contributed by atoms with Crippen LogP contribution in [-0.2, 0) is 22.1 Å². The summed E-state index contributed by atoms with van der Waals surface area (Å²) in [5.74, 6) is -0.298. The summed E-state index contributed by atoms with van der Waals surface area (Å²) in [4.78, 5) is 11.8. The zero-order chi connectivity index (χ0) is 16.3. The highest BCUT2D eigenvalue weighted by atomic mass is 32.2. The molecule has 0 spiro atoms. The first kappa shape index (κ1) is 16.9. The molecule has 0 bridgehead atoms. The Balaban J connectivity index is 2.34. The molecule has 0 aromatic heterocycles. The van der Waals surface area contributed by atoms with Gasteiger partial charge in [0.1, 0.15) is 11.0 Å². The number of aryl methyl sites for hydroxylation is 1. The highest BCUT2D eigenvalue weighted by Gasteiger charge is 2.23. The third-order valence-electron chi connectivity index (χ3n) is 3.50. The first-order valence-corrected chi connectivity index (χ1v) is 8.73. The van der Waals surface area contributed by atoms with Gasteiger partial charge in [0.25, 0.3) is 0 Å². The molecule has 0 N–H and O–H groups in total. The molecular weight excluding hydrogens is 298 g/mol. The van der Waals surface area contributed by atoms with Gasteiger partial charge in [-0.15, -0.1) is 0 Å². The van der Waals surface area contributed by atoms with Gasteiger partial charge in [-0.1, -0.05) is 6.07 Å². The lowest BCUT2D eigenvalue weighted by molar-refractivity contribution is 0.0526. The fourth-order valence-electron chi connectivity index (χ4n) is 2.34. The number of esters is 1. The molecular formula is C17H23NO3S. The second kappa shape index (κ2) is 6.73. The van der Waals surface area contributed by atoms with E-state index < -0.39 is 11.0 Å². The van der Waals surface area contributed by atoms with Gasteiger partial charge in [-0.05, 0) is 70.2 Å². The molecule has 0 saturated carbocycles. The molecule has 0 aliphatic heterocycles. The molecule has 1 aromatic carbocycles. The highest BCUT2D eigenvalue weighted by molar-refractivity contribution is 7.85. The third kappa shape index (κ3) is 3.83. The summed E-state index contributed by atoms with van der Waals surface area (Å²) >= 11 is 0. The lowest BCUT2D eigenvalue weighted by Crippen LogP contribution is -2.22. The van der Waals surface area contributed by atoms with Gasteiger partial charge in [0.2, 0.25) is 0 Å². The normalized spacial score (nSPS) is 17.9. The number of benzene rings is 1. The molecule has 22 heavy (non-hydrogen) atoms. The zero-order valence-electron chi connectivity index (χ0n) is 13.6. The van der Waals surface area contributed by atoms with Crippen LogP contribution in [0.1, 0.15) is 62.0 Å². The summed E-state index contributed by atoms with van der Waals surface area (Å²) in [5.41, 5.74) is 3.54. The lowest BCUT2D eigenvalue weighted by Gasteiger charge is -2.20. The number of hydrogen-bond donors (Lipinski definition) is 0. The Labute approximate surface area is 134 Å². The van der Waals surface area contributed by atoms with Gasteiger partial charge in [-0.2, -0.15) is 4.40 Å². The molecule has 0 heterocycles. The van der Waals surface area contributed by atoms with Gasteiger partial charge in [0.15, 0.2) is 0 Å². The van der Waals surface area contributed by atoms with Crippen molar-refractivity contribution < 1.29 is 13.7 Å². The van der Waals surface area contributed by atoms with Crippen LogP contribution in [0.3, 0.4) is 0 Å². The maximum absolute atomic E-state index is 12.3. The van der Waals surface area contributed by atoms with E-state index in [1.54, 1.807) is 13.0 Å². The number of carbonyl (C=O) groups is 1. The fourth-order valence-corrected chi connectivity index (χ4v) is 3.00. The van der Waals surface area contributed by atoms with Crippen molar-refractivity contribution in [3.05, 3.63) is 34.9 Å². The molecule has 1 atom stereocenters. The van der Waals surface area contributed by atoms with Crippen molar-refractivity contribution in [2.24, 2.45) is 4.40 Å². The largest absolute Gasteiger partial charge is 0.462 e. The maximum atomic E-state index is 12.3. The Hall–Kier alpha value is -1.49. The van der Waals surface area contributed by atoms with E-state index in [0.29, 0.717) is 12.2 Å². The quantitative estimate of drug-likeness (QED) is 0.801. The minimum atomic E-state index is -1.26. The van der Waals surface area contributed by atoms with Crippen LogP contribution in [0.4, 0.5) is 0 Å². The summed E-state index contributed by atoms with van der Waals surface area (Å²) in [7, 11) is -1.26. The van der Waals surface area contributed by atoms with E-state index in [9.17, 15) is 9.00 Å². The number of fused-ring (bicyclic) bond motifs is 1. The summed E-state index contributed by atoms with van der Waals surface area (Å²) in [6, 6.07) is 5.54. The smallest absolute Gasteiger partial charge is 0.338 e. The van der Waals surface area contributed by atoms with E-state index in [1.807, 2.05) is 32.9 Å². The summed E-state index contributed by atoms with van der Waals surface area (Å²) in [5, 5.41) is 0. The molecule has 1 aromatic rings. The Bertz CT molecular complexity index is 629. The van der Waals surface area contributed by atoms with Crippen LogP contribution in [0.5, 0.6) is 0 Å². The van der Waals surface area contributed by atoms with Crippen molar-refractivity contribution in [1.29, 1.82) is 0 Å². The van der Waals surface area contributed by atoms with Crippen molar-refractivity contribution in [2.75, 3.05) is 6.61 Å². The van der Waals surface area contributed by atoms with Crippen LogP contribution < -0.4 is 0 Å². The van der Waals surface area contributed by atoms with E-state index in [-0.39, 0.29) is 10.7 Å². The SMILES string of the molecule is CCOC(=O)c1ccc2c(c1)CCCC2=NS(=O)C(C)(C)C. The van der Waals surface area contributed by atoms with E-state index in [4.69, 9.17) is 4.74 Å². The number of nitrogens with zero attached hydrogens (tertiary/aromatic N) is 1. The van der Waals surface area contributed by atoms with Gasteiger partial charge in [0, 0.05) is 0 Å². The molecule has 4 nitrogen and oxygen atoms in total. The number of carbonyl (C=O) groups excluding carboxylic acids is 1. The molecule has 0 amide bonds. The molecule has 1 unspecified atom stereocenters. The second-order valence-corrected chi connectivity index (χ2v) is 8.25. The number of ether oxygens (including phenoxy) is 1. The standard InChI is InChI=1S/C17H23NO3S/c1-5-21-16(19)13-9-10-14-12(11-13)7-6-8-15(14)18-22(20)17(2,3)4/h9-11H,5-8H2,1-4H3. The Kier molecular flexibility index (Phi) is 5.16. The van der Waals surface area contributed by atoms with Gasteiger partial charge in [-0.25, -0.2) is 9.00 Å². The zero-order valence-corrected chi connectivity index (χ0v) is 14.5. The van der Waals surface area contributed by atoms with E-state index in [1.165, 1.54) is 0 Å². The van der Waals surface area contributed by atoms with Crippen LogP contribution in [0.2, 0.25) is 0 Å². The van der Waals surface area contributed by atoms with Crippen molar-refractivity contribution in [3.63, 3.8) is 0 Å². The maximum Gasteiger partial charge on any atom is 0.338 e. The van der Waals surface area contributed by atoms with E-state index in [2.05, 4.69) is 4.40 Å². The first-order valence-electron chi connectivity index (χ1n) is 7.63. The predicted molar refractivity (Wildman–Crippen MR) is 89.8 cm³/mol. The molecule has 2 rings (SSSR count). The topological polar surface area (TPSA) is 55.7 Å². The predicted octanol–water partition coefficient (Wildman–Crippen LogP) is 3.45. The fraction of sp³-hybridized carbons (Fsp3) is 0.529. The average Bonchev–Trinajstić information content (AvgIpc) is 2.46.